The van der Waals surface area contributed by atoms with Crippen molar-refractivity contribution in [2.45, 2.75) is 12.8 Å². The summed E-state index contributed by atoms with van der Waals surface area (Å²) in [6.07, 6.45) is 1.17. The minimum atomic E-state index is -0.0579. The zero-order valence-corrected chi connectivity index (χ0v) is 11.9. The van der Waals surface area contributed by atoms with E-state index in [4.69, 9.17) is 10.5 Å². The van der Waals surface area contributed by atoms with E-state index < -0.39 is 0 Å². The highest BCUT2D eigenvalue weighted by Gasteiger charge is 2.03. The van der Waals surface area contributed by atoms with Crippen molar-refractivity contribution in [1.82, 2.24) is 0 Å². The molecule has 3 N–H and O–H groups in total. The van der Waals surface area contributed by atoms with E-state index in [1.807, 2.05) is 54.6 Å². The van der Waals surface area contributed by atoms with E-state index in [0.29, 0.717) is 19.6 Å². The third kappa shape index (κ3) is 5.28. The number of carbonyl (C=O) groups excluding carboxylic acids is 1. The number of para-hydroxylation sites is 1. The molecule has 4 heteroatoms. The molecule has 0 saturated heterocycles. The Balaban J connectivity index is 1.74. The van der Waals surface area contributed by atoms with Crippen molar-refractivity contribution in [1.29, 1.82) is 0 Å². The number of anilines is 1. The van der Waals surface area contributed by atoms with Gasteiger partial charge in [-0.25, -0.2) is 0 Å². The highest BCUT2D eigenvalue weighted by molar-refractivity contribution is 5.90. The second kappa shape index (κ2) is 8.07. The number of ether oxygens (including phenoxy) is 1. The second-order valence-corrected chi connectivity index (χ2v) is 4.70. The summed E-state index contributed by atoms with van der Waals surface area (Å²) in [5.41, 5.74) is 7.46. The largest absolute Gasteiger partial charge is 0.493 e. The molecule has 0 atom stereocenters. The molecule has 0 aliphatic heterocycles. The Bertz CT molecular complexity index is 553. The molecule has 2 aromatic rings. The molecule has 0 heterocycles. The van der Waals surface area contributed by atoms with Crippen molar-refractivity contribution < 1.29 is 9.53 Å². The topological polar surface area (TPSA) is 64.3 Å². The summed E-state index contributed by atoms with van der Waals surface area (Å²) >= 11 is 0. The Kier molecular flexibility index (Phi) is 5.79. The second-order valence-electron chi connectivity index (χ2n) is 4.70. The molecule has 2 aromatic carbocycles. The molecular formula is C17H20N2O2. The van der Waals surface area contributed by atoms with E-state index in [-0.39, 0.29) is 5.91 Å². The Labute approximate surface area is 124 Å². The van der Waals surface area contributed by atoms with Gasteiger partial charge in [-0.3, -0.25) is 4.79 Å². The van der Waals surface area contributed by atoms with E-state index >= 15 is 0 Å². The molecule has 0 fully saturated rings. The third-order valence-electron chi connectivity index (χ3n) is 3.01. The predicted octanol–water partition coefficient (Wildman–Crippen LogP) is 2.60. The summed E-state index contributed by atoms with van der Waals surface area (Å²) in [4.78, 5) is 11.8. The molecular weight excluding hydrogens is 264 g/mol. The van der Waals surface area contributed by atoms with Gasteiger partial charge in [-0.15, -0.1) is 0 Å². The van der Waals surface area contributed by atoms with E-state index in [0.717, 1.165) is 17.9 Å². The number of benzene rings is 2. The van der Waals surface area contributed by atoms with Gasteiger partial charge >= 0.3 is 0 Å². The molecule has 0 saturated carbocycles. The molecule has 110 valence electrons. The van der Waals surface area contributed by atoms with Crippen molar-refractivity contribution in [3.05, 3.63) is 60.2 Å². The van der Waals surface area contributed by atoms with Crippen molar-refractivity contribution in [2.75, 3.05) is 18.5 Å². The number of nitrogens with one attached hydrogen (secondary N) is 1. The zero-order valence-electron chi connectivity index (χ0n) is 11.9. The lowest BCUT2D eigenvalue weighted by Gasteiger charge is -2.08. The lowest BCUT2D eigenvalue weighted by atomic mass is 10.1. The summed E-state index contributed by atoms with van der Waals surface area (Å²) in [6.45, 7) is 0.990. The fraction of sp³-hybridized carbons (Fsp3) is 0.235. The van der Waals surface area contributed by atoms with Gasteiger partial charge in [-0.1, -0.05) is 30.3 Å². The SMILES string of the molecule is NCCc1ccc(NC(=O)CCOc2ccccc2)cc1. The number of carbonyl (C=O) groups is 1. The smallest absolute Gasteiger partial charge is 0.227 e. The molecule has 0 spiro atoms. The summed E-state index contributed by atoms with van der Waals surface area (Å²) in [5, 5.41) is 2.85. The summed E-state index contributed by atoms with van der Waals surface area (Å²) in [7, 11) is 0. The number of hydrogen-bond donors (Lipinski definition) is 2. The first kappa shape index (κ1) is 15.1. The Morgan fingerprint density at radius 3 is 2.43 bits per heavy atom. The quantitative estimate of drug-likeness (QED) is 0.821. The first-order valence-corrected chi connectivity index (χ1v) is 7.04. The highest BCUT2D eigenvalue weighted by Crippen LogP contribution is 2.11. The van der Waals surface area contributed by atoms with Crippen LogP contribution in [0.15, 0.2) is 54.6 Å². The van der Waals surface area contributed by atoms with Gasteiger partial charge in [0.2, 0.25) is 5.91 Å². The minimum Gasteiger partial charge on any atom is -0.493 e. The van der Waals surface area contributed by atoms with E-state index in [2.05, 4.69) is 5.32 Å². The lowest BCUT2D eigenvalue weighted by molar-refractivity contribution is -0.116. The van der Waals surface area contributed by atoms with Crippen LogP contribution in [0.4, 0.5) is 5.69 Å². The van der Waals surface area contributed by atoms with E-state index in [9.17, 15) is 4.79 Å². The molecule has 21 heavy (non-hydrogen) atoms. The monoisotopic (exact) mass is 284 g/mol. The molecule has 0 radical (unpaired) electrons. The average Bonchev–Trinajstić information content (AvgIpc) is 2.51. The van der Waals surface area contributed by atoms with Crippen LogP contribution >= 0.6 is 0 Å². The third-order valence-corrected chi connectivity index (χ3v) is 3.01. The Morgan fingerprint density at radius 2 is 1.76 bits per heavy atom. The van der Waals surface area contributed by atoms with Gasteiger partial charge in [0.25, 0.3) is 0 Å². The van der Waals surface area contributed by atoms with Gasteiger partial charge in [0, 0.05) is 5.69 Å². The first-order valence-electron chi connectivity index (χ1n) is 7.04. The highest BCUT2D eigenvalue weighted by atomic mass is 16.5. The van der Waals surface area contributed by atoms with Crippen LogP contribution in [0.3, 0.4) is 0 Å². The van der Waals surface area contributed by atoms with Crippen LogP contribution in [0.25, 0.3) is 0 Å². The van der Waals surface area contributed by atoms with Gasteiger partial charge in [0.1, 0.15) is 5.75 Å². The number of hydrogen-bond acceptors (Lipinski definition) is 3. The molecule has 0 aliphatic rings. The van der Waals surface area contributed by atoms with E-state index in [1.54, 1.807) is 0 Å². The summed E-state index contributed by atoms with van der Waals surface area (Å²) in [6, 6.07) is 17.2. The van der Waals surface area contributed by atoms with E-state index in [1.165, 1.54) is 5.56 Å². The Morgan fingerprint density at radius 1 is 1.05 bits per heavy atom. The maximum absolute atomic E-state index is 11.8. The number of rotatable bonds is 7. The van der Waals surface area contributed by atoms with Gasteiger partial charge in [-0.05, 0) is 42.8 Å². The van der Waals surface area contributed by atoms with Crippen LogP contribution in [-0.2, 0) is 11.2 Å². The normalized spacial score (nSPS) is 10.1. The first-order chi connectivity index (χ1) is 10.3. The molecule has 0 bridgehead atoms. The molecule has 2 rings (SSSR count). The van der Waals surface area contributed by atoms with Crippen LogP contribution in [0.5, 0.6) is 5.75 Å². The standard InChI is InChI=1S/C17H20N2O2/c18-12-10-14-6-8-15(9-7-14)19-17(20)11-13-21-16-4-2-1-3-5-16/h1-9H,10-13,18H2,(H,19,20). The maximum Gasteiger partial charge on any atom is 0.227 e. The van der Waals surface area contributed by atoms with Crippen molar-refractivity contribution >= 4 is 11.6 Å². The van der Waals surface area contributed by atoms with Gasteiger partial charge in [0.15, 0.2) is 0 Å². The van der Waals surface area contributed by atoms with Crippen LogP contribution in [0, 0.1) is 0 Å². The molecule has 1 amide bonds. The Hall–Kier alpha value is -2.33. The molecule has 0 aliphatic carbocycles. The molecule has 0 unspecified atom stereocenters. The van der Waals surface area contributed by atoms with Crippen molar-refractivity contribution in [3.8, 4) is 5.75 Å². The predicted molar refractivity (Wildman–Crippen MR) is 84.4 cm³/mol. The van der Waals surface area contributed by atoms with Crippen LogP contribution < -0.4 is 15.8 Å². The van der Waals surface area contributed by atoms with Crippen LogP contribution in [0.1, 0.15) is 12.0 Å². The van der Waals surface area contributed by atoms with Gasteiger partial charge in [0.05, 0.1) is 13.0 Å². The fourth-order valence-corrected chi connectivity index (χ4v) is 1.92. The lowest BCUT2D eigenvalue weighted by Crippen LogP contribution is -2.15. The molecule has 4 nitrogen and oxygen atoms in total. The fourth-order valence-electron chi connectivity index (χ4n) is 1.92. The minimum absolute atomic E-state index is 0.0579. The average molecular weight is 284 g/mol. The van der Waals surface area contributed by atoms with Crippen LogP contribution in [-0.4, -0.2) is 19.1 Å². The van der Waals surface area contributed by atoms with Crippen molar-refractivity contribution in [3.63, 3.8) is 0 Å². The number of nitrogens with two attached hydrogens (primary N) is 1. The molecule has 0 aromatic heterocycles. The zero-order chi connectivity index (χ0) is 14.9. The van der Waals surface area contributed by atoms with Gasteiger partial charge in [-0.2, -0.15) is 0 Å². The summed E-state index contributed by atoms with van der Waals surface area (Å²) < 4.78 is 5.49. The maximum atomic E-state index is 11.8. The van der Waals surface area contributed by atoms with Gasteiger partial charge < -0.3 is 15.8 Å². The van der Waals surface area contributed by atoms with Crippen LogP contribution in [0.2, 0.25) is 0 Å². The van der Waals surface area contributed by atoms with Crippen molar-refractivity contribution in [2.24, 2.45) is 5.73 Å². The number of amides is 1. The summed E-state index contributed by atoms with van der Waals surface area (Å²) in [5.74, 6) is 0.717.